The summed E-state index contributed by atoms with van der Waals surface area (Å²) in [6.45, 7) is 0. The van der Waals surface area contributed by atoms with Gasteiger partial charge in [-0.05, 0) is 54.7 Å². The van der Waals surface area contributed by atoms with Gasteiger partial charge in [0.15, 0.2) is 0 Å². The van der Waals surface area contributed by atoms with Crippen molar-refractivity contribution < 1.29 is 12.8 Å². The molecule has 0 aromatic heterocycles. The van der Waals surface area contributed by atoms with Gasteiger partial charge in [0.05, 0.1) is 4.90 Å². The quantitative estimate of drug-likeness (QED) is 0.934. The van der Waals surface area contributed by atoms with Gasteiger partial charge in [0.2, 0.25) is 0 Å². The van der Waals surface area contributed by atoms with Gasteiger partial charge in [0.25, 0.3) is 10.0 Å². The fraction of sp³-hybridized carbons (Fsp3) is 0.176. The third-order valence-corrected chi connectivity index (χ3v) is 5.13. The van der Waals surface area contributed by atoms with Crippen LogP contribution in [0.25, 0.3) is 5.57 Å². The first-order chi connectivity index (χ1) is 10.6. The number of sulfonamides is 1. The first kappa shape index (κ1) is 14.8. The van der Waals surface area contributed by atoms with Crippen LogP contribution in [0.1, 0.15) is 24.8 Å². The number of rotatable bonds is 4. The highest BCUT2D eigenvalue weighted by molar-refractivity contribution is 7.89. The number of allylic oxidation sites excluding steroid dienone is 2. The van der Waals surface area contributed by atoms with Crippen molar-refractivity contribution in [2.24, 2.45) is 0 Å². The number of nitrogens with one attached hydrogen (secondary N) is 1. The first-order valence-electron chi connectivity index (χ1n) is 7.12. The maximum atomic E-state index is 13.0. The van der Waals surface area contributed by atoms with Crippen molar-refractivity contribution in [3.63, 3.8) is 0 Å². The van der Waals surface area contributed by atoms with Crippen LogP contribution < -0.4 is 4.72 Å². The van der Waals surface area contributed by atoms with Gasteiger partial charge >= 0.3 is 0 Å². The van der Waals surface area contributed by atoms with Gasteiger partial charge in [0, 0.05) is 5.70 Å². The first-order valence-corrected chi connectivity index (χ1v) is 8.60. The van der Waals surface area contributed by atoms with Crippen molar-refractivity contribution in [2.45, 2.75) is 24.2 Å². The number of hydrogen-bond donors (Lipinski definition) is 1. The summed E-state index contributed by atoms with van der Waals surface area (Å²) in [6.07, 6.45) is 2.36. The largest absolute Gasteiger partial charge is 0.283 e. The molecule has 2 aromatic carbocycles. The number of halogens is 1. The van der Waals surface area contributed by atoms with Crippen molar-refractivity contribution >= 4 is 15.6 Å². The lowest BCUT2D eigenvalue weighted by Crippen LogP contribution is -2.23. The molecule has 0 fully saturated rings. The molecule has 0 radical (unpaired) electrons. The molecule has 0 amide bonds. The van der Waals surface area contributed by atoms with Crippen molar-refractivity contribution in [1.82, 2.24) is 4.72 Å². The molecule has 0 heterocycles. The molecule has 0 saturated carbocycles. The predicted octanol–water partition coefficient (Wildman–Crippen LogP) is 3.70. The van der Waals surface area contributed by atoms with Crippen LogP contribution in [-0.2, 0) is 10.0 Å². The Morgan fingerprint density at radius 3 is 2.27 bits per heavy atom. The van der Waals surface area contributed by atoms with Crippen molar-refractivity contribution in [3.05, 3.63) is 71.7 Å². The molecular weight excluding hydrogens is 301 g/mol. The lowest BCUT2D eigenvalue weighted by atomic mass is 10.1. The maximum Gasteiger partial charge on any atom is 0.261 e. The summed E-state index contributed by atoms with van der Waals surface area (Å²) in [5.74, 6) is -0.297. The van der Waals surface area contributed by atoms with Crippen molar-refractivity contribution in [1.29, 1.82) is 0 Å². The summed E-state index contributed by atoms with van der Waals surface area (Å²) in [5.41, 5.74) is 2.51. The molecule has 0 atom stereocenters. The predicted molar refractivity (Wildman–Crippen MR) is 83.9 cm³/mol. The van der Waals surface area contributed by atoms with Gasteiger partial charge in [-0.1, -0.05) is 30.3 Å². The number of hydrogen-bond acceptors (Lipinski definition) is 2. The molecule has 3 nitrogen and oxygen atoms in total. The molecule has 0 saturated heterocycles. The van der Waals surface area contributed by atoms with Gasteiger partial charge in [-0.15, -0.1) is 0 Å². The smallest absolute Gasteiger partial charge is 0.261 e. The van der Waals surface area contributed by atoms with Crippen molar-refractivity contribution in [2.75, 3.05) is 0 Å². The Morgan fingerprint density at radius 1 is 0.909 bits per heavy atom. The van der Waals surface area contributed by atoms with Gasteiger partial charge in [-0.2, -0.15) is 0 Å². The molecule has 1 aliphatic carbocycles. The van der Waals surface area contributed by atoms with Gasteiger partial charge in [0.1, 0.15) is 5.82 Å². The molecule has 0 unspecified atom stereocenters. The Balaban J connectivity index is 1.93. The monoisotopic (exact) mass is 317 g/mol. The molecule has 114 valence electrons. The highest BCUT2D eigenvalue weighted by Gasteiger charge is 2.22. The average Bonchev–Trinajstić information content (AvgIpc) is 2.96. The Morgan fingerprint density at radius 2 is 1.59 bits per heavy atom. The summed E-state index contributed by atoms with van der Waals surface area (Å²) in [6, 6.07) is 14.5. The van der Waals surface area contributed by atoms with E-state index in [1.807, 2.05) is 0 Å². The third-order valence-electron chi connectivity index (χ3n) is 3.72. The highest BCUT2D eigenvalue weighted by Crippen LogP contribution is 2.33. The molecule has 0 aliphatic heterocycles. The lowest BCUT2D eigenvalue weighted by molar-refractivity contribution is 0.587. The van der Waals surface area contributed by atoms with Crippen molar-refractivity contribution in [3.8, 4) is 0 Å². The third kappa shape index (κ3) is 3.04. The maximum absolute atomic E-state index is 13.0. The molecule has 3 rings (SSSR count). The van der Waals surface area contributed by atoms with Crippen LogP contribution in [0.5, 0.6) is 0 Å². The Bertz CT molecular complexity index is 796. The van der Waals surface area contributed by atoms with E-state index in [1.165, 1.54) is 12.1 Å². The second-order valence-electron chi connectivity index (χ2n) is 5.24. The lowest BCUT2D eigenvalue weighted by Gasteiger charge is -2.12. The fourth-order valence-corrected chi connectivity index (χ4v) is 3.83. The molecule has 0 spiro atoms. The van der Waals surface area contributed by atoms with E-state index >= 15 is 0 Å². The molecule has 2 aromatic rings. The van der Waals surface area contributed by atoms with Gasteiger partial charge < -0.3 is 0 Å². The fourth-order valence-electron chi connectivity index (χ4n) is 2.65. The zero-order valence-electron chi connectivity index (χ0n) is 11.9. The van der Waals surface area contributed by atoms with Gasteiger partial charge in [-0.25, -0.2) is 12.8 Å². The standard InChI is InChI=1S/C17H16FNO2S/c18-14-11-9-13(10-12-14)16-7-4-8-17(16)19-22(20,21)15-5-2-1-3-6-15/h1-3,5-6,9-12,19H,4,7-8H2. The normalized spacial score (nSPS) is 15.1. The van der Waals surface area contributed by atoms with Gasteiger partial charge in [-0.3, -0.25) is 4.72 Å². The van der Waals surface area contributed by atoms with E-state index in [0.717, 1.165) is 24.0 Å². The average molecular weight is 317 g/mol. The van der Waals surface area contributed by atoms with E-state index in [2.05, 4.69) is 4.72 Å². The van der Waals surface area contributed by atoms with E-state index in [9.17, 15) is 12.8 Å². The Hall–Kier alpha value is -2.14. The van der Waals surface area contributed by atoms with E-state index < -0.39 is 10.0 Å². The van der Waals surface area contributed by atoms with Crippen LogP contribution in [0.3, 0.4) is 0 Å². The zero-order chi connectivity index (χ0) is 15.6. The molecule has 1 N–H and O–H groups in total. The summed E-state index contributed by atoms with van der Waals surface area (Å²) >= 11 is 0. The molecule has 0 bridgehead atoms. The minimum atomic E-state index is -3.57. The minimum absolute atomic E-state index is 0.243. The summed E-state index contributed by atoms with van der Waals surface area (Å²) < 4.78 is 40.6. The Kier molecular flexibility index (Phi) is 3.98. The minimum Gasteiger partial charge on any atom is -0.283 e. The van der Waals surface area contributed by atoms with Crippen LogP contribution in [0.4, 0.5) is 4.39 Å². The second kappa shape index (κ2) is 5.93. The van der Waals surface area contributed by atoms with Crippen LogP contribution >= 0.6 is 0 Å². The number of benzene rings is 2. The molecule has 22 heavy (non-hydrogen) atoms. The zero-order valence-corrected chi connectivity index (χ0v) is 12.7. The van der Waals surface area contributed by atoms with Crippen LogP contribution in [0.15, 0.2) is 65.2 Å². The Labute approximate surface area is 129 Å². The summed E-state index contributed by atoms with van der Waals surface area (Å²) in [7, 11) is -3.57. The highest BCUT2D eigenvalue weighted by atomic mass is 32.2. The van der Waals surface area contributed by atoms with E-state index in [1.54, 1.807) is 42.5 Å². The second-order valence-corrected chi connectivity index (χ2v) is 6.92. The van der Waals surface area contributed by atoms with Crippen LogP contribution in [0, 0.1) is 5.82 Å². The van der Waals surface area contributed by atoms with Crippen LogP contribution in [-0.4, -0.2) is 8.42 Å². The summed E-state index contributed by atoms with van der Waals surface area (Å²) in [5, 5.41) is 0. The molecule has 1 aliphatic rings. The summed E-state index contributed by atoms with van der Waals surface area (Å²) in [4.78, 5) is 0.243. The SMILES string of the molecule is O=S(=O)(NC1=C(c2ccc(F)cc2)CCC1)c1ccccc1. The van der Waals surface area contributed by atoms with E-state index in [4.69, 9.17) is 0 Å². The molecule has 5 heteroatoms. The van der Waals surface area contributed by atoms with Crippen LogP contribution in [0.2, 0.25) is 0 Å². The van der Waals surface area contributed by atoms with E-state index in [0.29, 0.717) is 12.1 Å². The van der Waals surface area contributed by atoms with E-state index in [-0.39, 0.29) is 10.7 Å². The topological polar surface area (TPSA) is 46.2 Å². The molecular formula is C17H16FNO2S.